The van der Waals surface area contributed by atoms with Gasteiger partial charge in [0.15, 0.2) is 0 Å². The summed E-state index contributed by atoms with van der Waals surface area (Å²) >= 11 is 0. The minimum absolute atomic E-state index is 0.829. The highest BCUT2D eigenvalue weighted by Gasteiger charge is 2.13. The van der Waals surface area contributed by atoms with E-state index in [9.17, 15) is 0 Å². The predicted octanol–water partition coefficient (Wildman–Crippen LogP) is 4.41. The topological polar surface area (TPSA) is 91.8 Å². The van der Waals surface area contributed by atoms with Crippen molar-refractivity contribution in [3.8, 4) is 0 Å². The molecular weight excluding hydrogens is 661 g/mol. The summed E-state index contributed by atoms with van der Waals surface area (Å²) < 4.78 is 7.64. The smallest absolute Gasteiger partial charge is 0.264 e. The Balaban J connectivity index is 0.000000309. The fourth-order valence-electron chi connectivity index (χ4n) is 4.67. The van der Waals surface area contributed by atoms with Crippen molar-refractivity contribution in [2.45, 2.75) is 54.9 Å². The summed E-state index contributed by atoms with van der Waals surface area (Å²) in [6, 6.07) is 8.48. The highest BCUT2D eigenvalue weighted by molar-refractivity contribution is 5.19. The number of aryl methyl sites for hydroxylation is 10. The lowest BCUT2D eigenvalue weighted by molar-refractivity contribution is -0.672. The van der Waals surface area contributed by atoms with Crippen LogP contribution < -0.4 is 9.13 Å². The van der Waals surface area contributed by atoms with Gasteiger partial charge in [-0.1, -0.05) is 42.3 Å². The molecule has 0 spiro atoms. The highest BCUT2D eigenvalue weighted by Crippen LogP contribution is 2.11. The van der Waals surface area contributed by atoms with Gasteiger partial charge in [0.1, 0.15) is 24.0 Å². The third-order valence-corrected chi connectivity index (χ3v) is 8.06. The van der Waals surface area contributed by atoms with Gasteiger partial charge in [0.25, 0.3) is 6.33 Å². The van der Waals surface area contributed by atoms with Crippen LogP contribution in [0.15, 0.2) is 80.4 Å². The Morgan fingerprint density at radius 3 is 1.19 bits per heavy atom. The molecule has 12 heteroatoms. The third-order valence-electron chi connectivity index (χ3n) is 8.06. The molecule has 53 heavy (non-hydrogen) atoms. The van der Waals surface area contributed by atoms with Gasteiger partial charge in [-0.2, -0.15) is 0 Å². The lowest BCUT2D eigenvalue weighted by atomic mass is 10.2. The van der Waals surface area contributed by atoms with E-state index >= 15 is 0 Å². The van der Waals surface area contributed by atoms with Gasteiger partial charge in [0.05, 0.1) is 28.2 Å². The number of likely N-dealkylation sites (N-methyl/N-ethyl adjacent to an activating group) is 2. The van der Waals surface area contributed by atoms with Crippen molar-refractivity contribution in [2.75, 3.05) is 60.4 Å². The first-order valence-corrected chi connectivity index (χ1v) is 18.4. The number of rotatable bonds is 0. The molecule has 4 aromatic heterocycles. The zero-order valence-electron chi connectivity index (χ0n) is 35.4. The van der Waals surface area contributed by atoms with Crippen LogP contribution in [0.5, 0.6) is 0 Å². The van der Waals surface area contributed by atoms with Gasteiger partial charge in [0, 0.05) is 62.6 Å². The molecule has 0 radical (unpaired) electrons. The molecule has 0 bridgehead atoms. The molecule has 1 atom stereocenters. The Bertz CT molecular complexity index is 1350. The Kier molecular flexibility index (Phi) is 23.2. The van der Waals surface area contributed by atoms with Crippen LogP contribution in [0.2, 0.25) is 0 Å². The van der Waals surface area contributed by atoms with E-state index in [0.29, 0.717) is 0 Å². The maximum absolute atomic E-state index is 3.97. The SMILES string of the molecule is CC1CCN(C)C1.CN1CCN(C)CC1.Cc1ccc(C)cc1.Cc1cnc(C)nc1.Cc1cnc(C)nc1.Cn1c[n+](C)cn1.Cn1cc[n+](C)c1. The number of nitrogens with zero attached hydrogens (tertiary/aromatic N) is 12. The second-order valence-electron chi connectivity index (χ2n) is 14.4. The zero-order valence-corrected chi connectivity index (χ0v) is 35.4. The number of imidazole rings is 1. The van der Waals surface area contributed by atoms with Crippen molar-refractivity contribution in [3.05, 3.63) is 114 Å². The molecule has 0 N–H and O–H groups in total. The van der Waals surface area contributed by atoms with E-state index in [-0.39, 0.29) is 0 Å². The van der Waals surface area contributed by atoms with Crippen LogP contribution in [0.3, 0.4) is 0 Å². The molecule has 12 nitrogen and oxygen atoms in total. The van der Waals surface area contributed by atoms with Crippen LogP contribution in [0.4, 0.5) is 0 Å². The summed E-state index contributed by atoms with van der Waals surface area (Å²) in [5.74, 6) is 2.61. The maximum Gasteiger partial charge on any atom is 0.264 e. The fourth-order valence-corrected chi connectivity index (χ4v) is 4.67. The summed E-state index contributed by atoms with van der Waals surface area (Å²) in [5, 5.41) is 3.90. The van der Waals surface area contributed by atoms with Gasteiger partial charge in [0.2, 0.25) is 12.7 Å². The van der Waals surface area contributed by atoms with Crippen LogP contribution in [0.1, 0.15) is 47.2 Å². The molecule has 2 aliphatic rings. The van der Waals surface area contributed by atoms with Crippen LogP contribution in [-0.2, 0) is 28.2 Å². The second-order valence-corrected chi connectivity index (χ2v) is 14.4. The first-order chi connectivity index (χ1) is 25.0. The summed E-state index contributed by atoms with van der Waals surface area (Å²) in [5.41, 5.74) is 4.87. The van der Waals surface area contributed by atoms with Crippen molar-refractivity contribution in [3.63, 3.8) is 0 Å². The van der Waals surface area contributed by atoms with Crippen LogP contribution in [0, 0.1) is 47.5 Å². The highest BCUT2D eigenvalue weighted by atomic mass is 15.3. The number of likely N-dealkylation sites (tertiary alicyclic amines) is 1. The molecule has 0 saturated carbocycles. The standard InChI is InChI=1S/C8H10.C6H14N2.2C6H8N2.C6H13N.C5H9N2.C4H8N3/c2*1-7-3-5-8(2)6-4-7;2*1-5-3-7-6(2)8-4-5;2*1-6-3-4-7(2)5-6;1-6-3-5-7(2)4-6/h3-6H,1-2H3;3-6H2,1-2H3;2*3-4H,1-2H3;6H,3-5H2,1-2H3;3-5H,1-2H3;3-4H,1-2H3/q;;;;;2*+1. The lowest BCUT2D eigenvalue weighted by Crippen LogP contribution is -2.42. The monoisotopic (exact) mass is 731 g/mol. The van der Waals surface area contributed by atoms with Gasteiger partial charge in [-0.15, -0.1) is 4.68 Å². The molecule has 292 valence electrons. The van der Waals surface area contributed by atoms with Crippen LogP contribution in [0.25, 0.3) is 0 Å². The van der Waals surface area contributed by atoms with Gasteiger partial charge in [-0.25, -0.2) is 33.6 Å². The maximum atomic E-state index is 3.97. The molecule has 6 heterocycles. The minimum Gasteiger partial charge on any atom is -0.306 e. The number of piperazine rings is 1. The Hall–Kier alpha value is -4.39. The normalized spacial score (nSPS) is 15.2. The number of benzene rings is 1. The van der Waals surface area contributed by atoms with Crippen LogP contribution >= 0.6 is 0 Å². The van der Waals surface area contributed by atoms with Crippen molar-refractivity contribution in [1.82, 2.24) is 49.0 Å². The number of aromatic nitrogens is 9. The molecule has 2 saturated heterocycles. The third kappa shape index (κ3) is 25.3. The predicted molar refractivity (Wildman–Crippen MR) is 216 cm³/mol. The van der Waals surface area contributed by atoms with E-state index in [0.717, 1.165) is 28.7 Å². The average Bonchev–Trinajstić information content (AvgIpc) is 3.83. The molecular formula is C41H70N12+2. The first-order valence-electron chi connectivity index (χ1n) is 18.4. The molecule has 2 aliphatic heterocycles. The molecule has 1 aromatic carbocycles. The van der Waals surface area contributed by atoms with E-state index in [1.54, 1.807) is 11.0 Å². The summed E-state index contributed by atoms with van der Waals surface area (Å²) in [6.07, 6.45) is 18.3. The summed E-state index contributed by atoms with van der Waals surface area (Å²) in [7, 11) is 14.4. The molecule has 5 aromatic rings. The zero-order chi connectivity index (χ0) is 39.8. The Labute approximate surface area is 321 Å². The Morgan fingerprint density at radius 1 is 0.566 bits per heavy atom. The van der Waals surface area contributed by atoms with E-state index < -0.39 is 0 Å². The average molecular weight is 731 g/mol. The quantitative estimate of drug-likeness (QED) is 0.217. The summed E-state index contributed by atoms with van der Waals surface area (Å²) in [4.78, 5) is 23.0. The molecule has 7 rings (SSSR count). The number of hydrogen-bond donors (Lipinski definition) is 0. The minimum atomic E-state index is 0.829. The van der Waals surface area contributed by atoms with E-state index in [4.69, 9.17) is 0 Å². The van der Waals surface area contributed by atoms with Gasteiger partial charge < -0.3 is 14.7 Å². The molecule has 0 amide bonds. The summed E-state index contributed by atoms with van der Waals surface area (Å²) in [6.45, 7) is 21.7. The van der Waals surface area contributed by atoms with E-state index in [2.05, 4.69) is 106 Å². The van der Waals surface area contributed by atoms with E-state index in [1.807, 2.05) is 119 Å². The van der Waals surface area contributed by atoms with Crippen molar-refractivity contribution in [2.24, 2.45) is 34.1 Å². The molecule has 2 fully saturated rings. The largest absolute Gasteiger partial charge is 0.306 e. The fraction of sp³-hybridized carbons (Fsp3) is 0.537. The van der Waals surface area contributed by atoms with Gasteiger partial charge in [-0.05, 0) is 92.7 Å². The molecule has 0 aliphatic carbocycles. The van der Waals surface area contributed by atoms with Gasteiger partial charge >= 0.3 is 0 Å². The van der Waals surface area contributed by atoms with E-state index in [1.165, 1.54) is 56.8 Å². The Morgan fingerprint density at radius 2 is 1.00 bits per heavy atom. The van der Waals surface area contributed by atoms with Crippen molar-refractivity contribution >= 4 is 0 Å². The molecule has 1 unspecified atom stereocenters. The van der Waals surface area contributed by atoms with Crippen molar-refractivity contribution < 1.29 is 9.13 Å². The number of hydrogen-bond acceptors (Lipinski definition) is 8. The van der Waals surface area contributed by atoms with Gasteiger partial charge in [-0.3, -0.25) is 0 Å². The first kappa shape index (κ1) is 46.6. The lowest BCUT2D eigenvalue weighted by Gasteiger charge is -2.28. The van der Waals surface area contributed by atoms with Crippen LogP contribution in [-0.4, -0.2) is 109 Å². The van der Waals surface area contributed by atoms with Crippen molar-refractivity contribution in [1.29, 1.82) is 0 Å². The second kappa shape index (κ2) is 26.4.